The van der Waals surface area contributed by atoms with E-state index in [4.69, 9.17) is 0 Å². The van der Waals surface area contributed by atoms with E-state index in [1.807, 2.05) is 6.20 Å². The Hall–Kier alpha value is -0.830. The Balaban J connectivity index is 2.18. The second kappa shape index (κ2) is 3.50. The van der Waals surface area contributed by atoms with Crippen LogP contribution in [0.5, 0.6) is 0 Å². The van der Waals surface area contributed by atoms with Crippen LogP contribution >= 0.6 is 0 Å². The first kappa shape index (κ1) is 8.75. The van der Waals surface area contributed by atoms with Crippen molar-refractivity contribution in [3.63, 3.8) is 0 Å². The van der Waals surface area contributed by atoms with E-state index in [1.165, 1.54) is 24.4 Å². The molecular formula is C10H17N3. The molecule has 0 saturated carbocycles. The van der Waals surface area contributed by atoms with Gasteiger partial charge in [0.15, 0.2) is 0 Å². The molecule has 0 unspecified atom stereocenters. The molecule has 0 bridgehead atoms. The topological polar surface area (TPSA) is 29.9 Å². The molecule has 2 rings (SSSR count). The second-order valence-corrected chi connectivity index (χ2v) is 3.84. The maximum absolute atomic E-state index is 4.47. The van der Waals surface area contributed by atoms with E-state index in [0.717, 1.165) is 13.1 Å². The Morgan fingerprint density at radius 3 is 2.69 bits per heavy atom. The number of aromatic nitrogens is 2. The van der Waals surface area contributed by atoms with Crippen molar-refractivity contribution in [3.8, 4) is 0 Å². The number of hydrogen-bond donors (Lipinski definition) is 1. The first-order chi connectivity index (χ1) is 6.29. The van der Waals surface area contributed by atoms with Crippen molar-refractivity contribution in [1.82, 2.24) is 14.9 Å². The third-order valence-corrected chi connectivity index (χ3v) is 2.96. The maximum Gasteiger partial charge on any atom is 0.111 e. The molecule has 3 nitrogen and oxygen atoms in total. The molecule has 0 amide bonds. The smallest absolute Gasteiger partial charge is 0.111 e. The van der Waals surface area contributed by atoms with Crippen LogP contribution < -0.4 is 5.32 Å². The molecule has 13 heavy (non-hydrogen) atoms. The summed E-state index contributed by atoms with van der Waals surface area (Å²) in [5.41, 5.74) is 1.26. The summed E-state index contributed by atoms with van der Waals surface area (Å²) in [5, 5.41) is 3.37. The molecule has 1 saturated heterocycles. The number of nitrogens with zero attached hydrogens (tertiary/aromatic N) is 2. The Morgan fingerprint density at radius 2 is 2.15 bits per heavy atom. The van der Waals surface area contributed by atoms with Crippen LogP contribution in [0, 0.1) is 6.92 Å². The lowest BCUT2D eigenvalue weighted by Crippen LogP contribution is -2.27. The predicted molar refractivity (Wildman–Crippen MR) is 52.8 cm³/mol. The molecule has 3 heteroatoms. The molecule has 1 fully saturated rings. The summed E-state index contributed by atoms with van der Waals surface area (Å²) in [7, 11) is 2.11. The van der Waals surface area contributed by atoms with Gasteiger partial charge in [-0.05, 0) is 32.9 Å². The van der Waals surface area contributed by atoms with Crippen LogP contribution in [0.1, 0.15) is 30.3 Å². The van der Waals surface area contributed by atoms with Gasteiger partial charge in [-0.2, -0.15) is 0 Å². The second-order valence-electron chi connectivity index (χ2n) is 3.84. The van der Waals surface area contributed by atoms with Crippen LogP contribution in [0.25, 0.3) is 0 Å². The summed E-state index contributed by atoms with van der Waals surface area (Å²) in [6.07, 6.45) is 4.42. The van der Waals surface area contributed by atoms with E-state index in [-0.39, 0.29) is 0 Å². The minimum absolute atomic E-state index is 0.667. The summed E-state index contributed by atoms with van der Waals surface area (Å²) in [5.74, 6) is 1.93. The molecule has 1 aliphatic rings. The summed E-state index contributed by atoms with van der Waals surface area (Å²) < 4.78 is 2.22. The lowest BCUT2D eigenvalue weighted by molar-refractivity contribution is 0.436. The van der Waals surface area contributed by atoms with E-state index in [0.29, 0.717) is 5.92 Å². The monoisotopic (exact) mass is 179 g/mol. The Morgan fingerprint density at radius 1 is 1.46 bits per heavy atom. The third-order valence-electron chi connectivity index (χ3n) is 2.96. The molecule has 0 aromatic carbocycles. The summed E-state index contributed by atoms with van der Waals surface area (Å²) in [6, 6.07) is 0. The zero-order valence-electron chi connectivity index (χ0n) is 8.38. The van der Waals surface area contributed by atoms with E-state index in [9.17, 15) is 0 Å². The molecule has 1 aromatic heterocycles. The third kappa shape index (κ3) is 1.61. The van der Waals surface area contributed by atoms with Gasteiger partial charge in [0.2, 0.25) is 0 Å². The van der Waals surface area contributed by atoms with E-state index in [2.05, 4.69) is 28.8 Å². The minimum Gasteiger partial charge on any atom is -0.335 e. The van der Waals surface area contributed by atoms with Crippen molar-refractivity contribution in [2.24, 2.45) is 7.05 Å². The van der Waals surface area contributed by atoms with Crippen molar-refractivity contribution in [1.29, 1.82) is 0 Å². The molecule has 0 aliphatic carbocycles. The van der Waals surface area contributed by atoms with Gasteiger partial charge in [0.05, 0.1) is 0 Å². The van der Waals surface area contributed by atoms with Gasteiger partial charge in [0.1, 0.15) is 5.82 Å². The number of nitrogens with one attached hydrogen (secondary N) is 1. The number of aryl methyl sites for hydroxylation is 1. The molecule has 0 spiro atoms. The van der Waals surface area contributed by atoms with Crippen molar-refractivity contribution in [3.05, 3.63) is 17.7 Å². The van der Waals surface area contributed by atoms with Crippen LogP contribution in [0.4, 0.5) is 0 Å². The average Bonchev–Trinajstić information content (AvgIpc) is 2.49. The van der Waals surface area contributed by atoms with Crippen LogP contribution in [-0.4, -0.2) is 22.6 Å². The SMILES string of the molecule is Cc1cnc(C2CCNCC2)n1C. The first-order valence-corrected chi connectivity index (χ1v) is 4.98. The van der Waals surface area contributed by atoms with Gasteiger partial charge < -0.3 is 9.88 Å². The lowest BCUT2D eigenvalue weighted by Gasteiger charge is -2.22. The fourth-order valence-corrected chi connectivity index (χ4v) is 1.97. The highest BCUT2D eigenvalue weighted by molar-refractivity contribution is 5.08. The van der Waals surface area contributed by atoms with Crippen LogP contribution in [0.15, 0.2) is 6.20 Å². The van der Waals surface area contributed by atoms with Gasteiger partial charge in [-0.3, -0.25) is 0 Å². The van der Waals surface area contributed by atoms with Crippen LogP contribution in [0.2, 0.25) is 0 Å². The number of rotatable bonds is 1. The fourth-order valence-electron chi connectivity index (χ4n) is 1.97. The summed E-state index contributed by atoms with van der Waals surface area (Å²) in [6.45, 7) is 4.38. The van der Waals surface area contributed by atoms with Gasteiger partial charge in [0.25, 0.3) is 0 Å². The highest BCUT2D eigenvalue weighted by Gasteiger charge is 2.19. The molecule has 1 aromatic rings. The van der Waals surface area contributed by atoms with Gasteiger partial charge in [0, 0.05) is 24.9 Å². The van der Waals surface area contributed by atoms with Crippen LogP contribution in [0.3, 0.4) is 0 Å². The first-order valence-electron chi connectivity index (χ1n) is 4.98. The largest absolute Gasteiger partial charge is 0.335 e. The van der Waals surface area contributed by atoms with Gasteiger partial charge >= 0.3 is 0 Å². The quantitative estimate of drug-likeness (QED) is 0.702. The van der Waals surface area contributed by atoms with Crippen molar-refractivity contribution in [2.75, 3.05) is 13.1 Å². The van der Waals surface area contributed by atoms with E-state index < -0.39 is 0 Å². The molecule has 1 N–H and O–H groups in total. The van der Waals surface area contributed by atoms with Gasteiger partial charge in [-0.1, -0.05) is 0 Å². The Labute approximate surface area is 79.2 Å². The zero-order chi connectivity index (χ0) is 9.26. The maximum atomic E-state index is 4.47. The molecule has 1 aliphatic heterocycles. The summed E-state index contributed by atoms with van der Waals surface area (Å²) in [4.78, 5) is 4.47. The Kier molecular flexibility index (Phi) is 2.36. The van der Waals surface area contributed by atoms with Crippen molar-refractivity contribution in [2.45, 2.75) is 25.7 Å². The predicted octanol–water partition coefficient (Wildman–Crippen LogP) is 1.20. The number of hydrogen-bond acceptors (Lipinski definition) is 2. The lowest BCUT2D eigenvalue weighted by atomic mass is 9.97. The zero-order valence-corrected chi connectivity index (χ0v) is 8.38. The van der Waals surface area contributed by atoms with Crippen molar-refractivity contribution < 1.29 is 0 Å². The number of imidazole rings is 1. The molecule has 2 heterocycles. The van der Waals surface area contributed by atoms with E-state index in [1.54, 1.807) is 0 Å². The highest BCUT2D eigenvalue weighted by Crippen LogP contribution is 2.23. The molecule has 0 atom stereocenters. The van der Waals surface area contributed by atoms with Crippen molar-refractivity contribution >= 4 is 0 Å². The number of piperidine rings is 1. The highest BCUT2D eigenvalue weighted by atomic mass is 15.1. The minimum atomic E-state index is 0.667. The van der Waals surface area contributed by atoms with Gasteiger partial charge in [-0.25, -0.2) is 4.98 Å². The summed E-state index contributed by atoms with van der Waals surface area (Å²) >= 11 is 0. The molecule has 0 radical (unpaired) electrons. The van der Waals surface area contributed by atoms with Gasteiger partial charge in [-0.15, -0.1) is 0 Å². The Bertz CT molecular complexity index is 284. The van der Waals surface area contributed by atoms with Crippen LogP contribution in [-0.2, 0) is 7.05 Å². The molecular weight excluding hydrogens is 162 g/mol. The fraction of sp³-hybridized carbons (Fsp3) is 0.700. The normalized spacial score (nSPS) is 19.2. The molecule has 72 valence electrons. The standard InChI is InChI=1S/C10H17N3/c1-8-7-12-10(13(8)2)9-3-5-11-6-4-9/h7,9,11H,3-6H2,1-2H3. The average molecular weight is 179 g/mol. The van der Waals surface area contributed by atoms with E-state index >= 15 is 0 Å².